The molecule has 1 aliphatic heterocycles. The van der Waals surface area contributed by atoms with E-state index >= 15 is 0 Å². The lowest BCUT2D eigenvalue weighted by molar-refractivity contribution is 0.414. The molecule has 1 atom stereocenters. The summed E-state index contributed by atoms with van der Waals surface area (Å²) in [6, 6.07) is 20.4. The van der Waals surface area contributed by atoms with Crippen LogP contribution in [0, 0.1) is 0 Å². The summed E-state index contributed by atoms with van der Waals surface area (Å²) in [7, 11) is 1.65. The Morgan fingerprint density at radius 3 is 2.84 bits per heavy atom. The van der Waals surface area contributed by atoms with Gasteiger partial charge >= 0.3 is 0 Å². The number of fused-ring (bicyclic) bond motifs is 3. The van der Waals surface area contributed by atoms with Gasteiger partial charge in [0.15, 0.2) is 4.80 Å². The third kappa shape index (κ3) is 3.10. The number of benzene rings is 2. The van der Waals surface area contributed by atoms with Gasteiger partial charge in [-0.3, -0.25) is 9.36 Å². The minimum atomic E-state index is -0.0953. The van der Waals surface area contributed by atoms with Crippen LogP contribution in [0.15, 0.2) is 81.4 Å². The smallest absolute Gasteiger partial charge is 0.271 e. The lowest BCUT2D eigenvalue weighted by atomic mass is 9.85. The molecule has 3 heterocycles. The quantitative estimate of drug-likeness (QED) is 0.459. The average molecular weight is 457 g/mol. The van der Waals surface area contributed by atoms with Crippen molar-refractivity contribution in [3.8, 4) is 5.75 Å². The summed E-state index contributed by atoms with van der Waals surface area (Å²) in [6.07, 6.45) is 3.83. The van der Waals surface area contributed by atoms with Crippen molar-refractivity contribution in [3.63, 3.8) is 0 Å². The monoisotopic (exact) mass is 456 g/mol. The van der Waals surface area contributed by atoms with Gasteiger partial charge in [-0.25, -0.2) is 4.99 Å². The van der Waals surface area contributed by atoms with Crippen LogP contribution in [0.3, 0.4) is 0 Å². The number of thiazole rings is 1. The molecule has 4 aromatic rings. The van der Waals surface area contributed by atoms with E-state index < -0.39 is 0 Å². The summed E-state index contributed by atoms with van der Waals surface area (Å²) in [5, 5.41) is 2.08. The van der Waals surface area contributed by atoms with Crippen LogP contribution in [-0.2, 0) is 6.42 Å². The molecular weight excluding hydrogens is 436 g/mol. The fraction of sp³-hybridized carbons (Fsp3) is 0.154. The Morgan fingerprint density at radius 2 is 2.00 bits per heavy atom. The topological polar surface area (TPSA) is 43.6 Å². The van der Waals surface area contributed by atoms with Gasteiger partial charge in [0, 0.05) is 10.4 Å². The van der Waals surface area contributed by atoms with Crippen LogP contribution in [0.5, 0.6) is 5.75 Å². The fourth-order valence-corrected chi connectivity index (χ4v) is 6.45. The van der Waals surface area contributed by atoms with Crippen LogP contribution in [0.25, 0.3) is 11.8 Å². The zero-order chi connectivity index (χ0) is 21.7. The highest BCUT2D eigenvalue weighted by atomic mass is 32.1. The van der Waals surface area contributed by atoms with Crippen molar-refractivity contribution < 1.29 is 4.74 Å². The van der Waals surface area contributed by atoms with Crippen molar-refractivity contribution in [2.75, 3.05) is 7.11 Å². The van der Waals surface area contributed by atoms with Crippen molar-refractivity contribution in [3.05, 3.63) is 113 Å². The first-order valence-electron chi connectivity index (χ1n) is 10.5. The van der Waals surface area contributed by atoms with E-state index in [4.69, 9.17) is 9.73 Å². The van der Waals surface area contributed by atoms with E-state index in [-0.39, 0.29) is 11.6 Å². The van der Waals surface area contributed by atoms with E-state index in [0.717, 1.165) is 34.7 Å². The number of allylic oxidation sites excluding steroid dienone is 1. The number of aromatic nitrogens is 1. The lowest BCUT2D eigenvalue weighted by Gasteiger charge is -2.30. The molecule has 4 nitrogen and oxygen atoms in total. The molecular formula is C26H20N2O2S2. The van der Waals surface area contributed by atoms with E-state index in [0.29, 0.717) is 4.53 Å². The number of nitrogens with zero attached hydrogens (tertiary/aromatic N) is 2. The number of hydrogen-bond donors (Lipinski definition) is 0. The van der Waals surface area contributed by atoms with Crippen LogP contribution in [0.4, 0.5) is 0 Å². The van der Waals surface area contributed by atoms with Gasteiger partial charge in [-0.2, -0.15) is 0 Å². The summed E-state index contributed by atoms with van der Waals surface area (Å²) < 4.78 is 7.93. The molecule has 1 aliphatic carbocycles. The molecule has 0 spiro atoms. The third-order valence-electron chi connectivity index (χ3n) is 6.08. The van der Waals surface area contributed by atoms with E-state index in [9.17, 15) is 4.79 Å². The first-order valence-corrected chi connectivity index (χ1v) is 12.2. The summed E-state index contributed by atoms with van der Waals surface area (Å²) >= 11 is 3.16. The van der Waals surface area contributed by atoms with Gasteiger partial charge in [0.1, 0.15) is 5.75 Å². The normalized spacial score (nSPS) is 17.4. The molecule has 2 aliphatic rings. The SMILES string of the molecule is COc1cccc(/C=c2\sc3n(c2=O)[C@@H](c2cccs2)C2=C(N=3)c3ccccc3CC2)c1. The van der Waals surface area contributed by atoms with E-state index in [1.807, 2.05) is 34.9 Å². The van der Waals surface area contributed by atoms with Gasteiger partial charge in [-0.05, 0) is 59.2 Å². The van der Waals surface area contributed by atoms with Gasteiger partial charge in [-0.15, -0.1) is 11.3 Å². The number of aryl methyl sites for hydroxylation is 1. The van der Waals surface area contributed by atoms with Crippen molar-refractivity contribution >= 4 is 34.4 Å². The Morgan fingerprint density at radius 1 is 1.09 bits per heavy atom. The molecule has 0 amide bonds. The van der Waals surface area contributed by atoms with Crippen molar-refractivity contribution in [1.82, 2.24) is 4.57 Å². The maximum Gasteiger partial charge on any atom is 0.271 e. The maximum absolute atomic E-state index is 13.6. The minimum absolute atomic E-state index is 0.0142. The highest BCUT2D eigenvalue weighted by Gasteiger charge is 2.32. The highest BCUT2D eigenvalue weighted by molar-refractivity contribution is 7.10. The maximum atomic E-state index is 13.6. The van der Waals surface area contributed by atoms with Crippen molar-refractivity contribution in [2.24, 2.45) is 4.99 Å². The zero-order valence-electron chi connectivity index (χ0n) is 17.4. The molecule has 6 heteroatoms. The molecule has 158 valence electrons. The first kappa shape index (κ1) is 19.5. The molecule has 2 aromatic heterocycles. The van der Waals surface area contributed by atoms with E-state index in [2.05, 4.69) is 41.8 Å². The predicted octanol–water partition coefficient (Wildman–Crippen LogP) is 4.39. The standard InChI is InChI=1S/C26H20N2O2S2/c1-30-18-8-4-6-16(14-18)15-22-25(29)28-24(21-10-5-13-31-21)20-12-11-17-7-2-3-9-19(17)23(20)27-26(28)32-22/h2-10,13-15,24H,11-12H2,1H3/b22-15-/t24-/m1/s1. The molecule has 0 unspecified atom stereocenters. The van der Waals surface area contributed by atoms with Crippen molar-refractivity contribution in [1.29, 1.82) is 0 Å². The van der Waals surface area contributed by atoms with Crippen molar-refractivity contribution in [2.45, 2.75) is 18.9 Å². The summed E-state index contributed by atoms with van der Waals surface area (Å²) in [4.78, 5) is 20.6. The highest BCUT2D eigenvalue weighted by Crippen LogP contribution is 2.42. The van der Waals surface area contributed by atoms with Gasteiger partial charge in [0.2, 0.25) is 0 Å². The van der Waals surface area contributed by atoms with Gasteiger partial charge < -0.3 is 4.74 Å². The minimum Gasteiger partial charge on any atom is -0.497 e. The van der Waals surface area contributed by atoms with Crippen LogP contribution < -0.4 is 19.6 Å². The van der Waals surface area contributed by atoms with E-state index in [1.54, 1.807) is 18.4 Å². The van der Waals surface area contributed by atoms with Crippen LogP contribution >= 0.6 is 22.7 Å². The Balaban J connectivity index is 1.61. The largest absolute Gasteiger partial charge is 0.497 e. The second kappa shape index (κ2) is 7.73. The predicted molar refractivity (Wildman–Crippen MR) is 130 cm³/mol. The van der Waals surface area contributed by atoms with E-state index in [1.165, 1.54) is 32.9 Å². The molecule has 32 heavy (non-hydrogen) atoms. The fourth-order valence-electron chi connectivity index (χ4n) is 4.60. The van der Waals surface area contributed by atoms with Crippen LogP contribution in [-0.4, -0.2) is 11.7 Å². The molecule has 0 radical (unpaired) electrons. The van der Waals surface area contributed by atoms with Crippen LogP contribution in [0.2, 0.25) is 0 Å². The zero-order valence-corrected chi connectivity index (χ0v) is 19.1. The third-order valence-corrected chi connectivity index (χ3v) is 7.98. The Labute approximate surface area is 193 Å². The van der Waals surface area contributed by atoms with Gasteiger partial charge in [0.05, 0.1) is 23.4 Å². The molecule has 0 fully saturated rings. The summed E-state index contributed by atoms with van der Waals surface area (Å²) in [6.45, 7) is 0. The average Bonchev–Trinajstić information content (AvgIpc) is 3.46. The first-order chi connectivity index (χ1) is 15.7. The Kier molecular flexibility index (Phi) is 4.70. The Hall–Kier alpha value is -3.22. The molecule has 0 N–H and O–H groups in total. The number of ether oxygens (including phenoxy) is 1. The molecule has 0 bridgehead atoms. The number of rotatable bonds is 3. The Bertz CT molecular complexity index is 1540. The van der Waals surface area contributed by atoms with Gasteiger partial charge in [-0.1, -0.05) is 53.8 Å². The molecule has 0 saturated carbocycles. The second-order valence-electron chi connectivity index (χ2n) is 7.91. The number of hydrogen-bond acceptors (Lipinski definition) is 5. The lowest BCUT2D eigenvalue weighted by Crippen LogP contribution is -2.38. The summed E-state index contributed by atoms with van der Waals surface area (Å²) in [5.74, 6) is 0.773. The van der Waals surface area contributed by atoms with Gasteiger partial charge in [0.25, 0.3) is 5.56 Å². The molecule has 2 aromatic carbocycles. The number of methoxy groups -OCH3 is 1. The molecule has 0 saturated heterocycles. The number of thiophene rings is 1. The second-order valence-corrected chi connectivity index (χ2v) is 9.89. The van der Waals surface area contributed by atoms with Crippen LogP contribution in [0.1, 0.15) is 34.0 Å². The summed E-state index contributed by atoms with van der Waals surface area (Å²) in [5.41, 5.74) is 5.76. The molecule has 6 rings (SSSR count).